The molecule has 0 saturated heterocycles. The van der Waals surface area contributed by atoms with Crippen molar-refractivity contribution >= 4 is 33.4 Å². The quantitative estimate of drug-likeness (QED) is 0.923. The van der Waals surface area contributed by atoms with Crippen LogP contribution in [0, 0.1) is 0 Å². The molecule has 4 nitrogen and oxygen atoms in total. The van der Waals surface area contributed by atoms with Gasteiger partial charge in [-0.05, 0) is 29.8 Å². The lowest BCUT2D eigenvalue weighted by molar-refractivity contribution is 0.0466. The van der Waals surface area contributed by atoms with Gasteiger partial charge in [-0.2, -0.15) is 0 Å². The molecule has 0 aliphatic heterocycles. The molecule has 0 bridgehead atoms. The zero-order chi connectivity index (χ0) is 10.8. The van der Waals surface area contributed by atoms with Crippen molar-refractivity contribution in [3.8, 4) is 0 Å². The van der Waals surface area contributed by atoms with E-state index in [1.807, 2.05) is 13.8 Å². The Kier molecular flexibility index (Phi) is 3.49. The van der Waals surface area contributed by atoms with E-state index in [9.17, 15) is 4.79 Å². The molecule has 0 spiro atoms. The number of thiazole rings is 1. The van der Waals surface area contributed by atoms with Crippen molar-refractivity contribution in [1.82, 2.24) is 4.98 Å². The Bertz CT molecular complexity index is 338. The van der Waals surface area contributed by atoms with Crippen molar-refractivity contribution in [2.24, 2.45) is 5.73 Å². The molecule has 2 N–H and O–H groups in total. The lowest BCUT2D eigenvalue weighted by atomic mass is 10.0. The second-order valence-corrected chi connectivity index (χ2v) is 5.83. The number of carbonyl (C=O) groups excluding carboxylic acids is 1. The largest absolute Gasteiger partial charge is 0.443 e. The number of halogens is 1. The fourth-order valence-corrected chi connectivity index (χ4v) is 2.67. The van der Waals surface area contributed by atoms with E-state index in [0.29, 0.717) is 6.42 Å². The van der Waals surface area contributed by atoms with E-state index in [0.717, 1.165) is 8.79 Å². The average molecular weight is 279 g/mol. The van der Waals surface area contributed by atoms with Crippen LogP contribution in [-0.4, -0.2) is 16.7 Å². The number of amides is 1. The van der Waals surface area contributed by atoms with Gasteiger partial charge in [-0.15, -0.1) is 11.3 Å². The summed E-state index contributed by atoms with van der Waals surface area (Å²) in [5.41, 5.74) is 4.37. The maximum absolute atomic E-state index is 10.6. The minimum absolute atomic E-state index is 0.586. The second kappa shape index (κ2) is 4.27. The number of aromatic nitrogens is 1. The number of primary amides is 1. The predicted octanol–water partition coefficient (Wildman–Crippen LogP) is 2.32. The van der Waals surface area contributed by atoms with Gasteiger partial charge in [0.25, 0.3) is 0 Å². The number of nitrogens with two attached hydrogens (primary N) is 1. The Morgan fingerprint density at radius 2 is 2.43 bits per heavy atom. The lowest BCUT2D eigenvalue weighted by Gasteiger charge is -2.22. The zero-order valence-electron chi connectivity index (χ0n) is 7.91. The molecule has 0 radical (unpaired) electrons. The van der Waals surface area contributed by atoms with Crippen molar-refractivity contribution in [3.05, 3.63) is 15.0 Å². The minimum atomic E-state index is -0.751. The van der Waals surface area contributed by atoms with Crippen LogP contribution in [0.4, 0.5) is 4.79 Å². The monoisotopic (exact) mass is 278 g/mol. The number of carbonyl (C=O) groups is 1. The number of ether oxygens (including phenoxy) is 1. The number of rotatable bonds is 3. The van der Waals surface area contributed by atoms with Gasteiger partial charge in [0.15, 0.2) is 3.92 Å². The van der Waals surface area contributed by atoms with Gasteiger partial charge in [0, 0.05) is 17.5 Å². The van der Waals surface area contributed by atoms with Crippen LogP contribution in [0.1, 0.15) is 18.7 Å². The van der Waals surface area contributed by atoms with Gasteiger partial charge in [-0.3, -0.25) is 0 Å². The van der Waals surface area contributed by atoms with Gasteiger partial charge in [0.2, 0.25) is 0 Å². The predicted molar refractivity (Wildman–Crippen MR) is 58.3 cm³/mol. The molecule has 1 aromatic heterocycles. The molecule has 0 aliphatic rings. The van der Waals surface area contributed by atoms with Gasteiger partial charge in [0.05, 0.1) is 0 Å². The highest BCUT2D eigenvalue weighted by Crippen LogP contribution is 2.24. The molecule has 1 amide bonds. The van der Waals surface area contributed by atoms with Crippen molar-refractivity contribution in [2.75, 3.05) is 0 Å². The highest BCUT2D eigenvalue weighted by atomic mass is 79.9. The summed E-state index contributed by atoms with van der Waals surface area (Å²) in [6, 6.07) is 0. The zero-order valence-corrected chi connectivity index (χ0v) is 10.3. The van der Waals surface area contributed by atoms with E-state index in [2.05, 4.69) is 20.9 Å². The average Bonchev–Trinajstić information content (AvgIpc) is 2.30. The van der Waals surface area contributed by atoms with Crippen LogP contribution in [0.15, 0.2) is 10.1 Å². The molecule has 6 heteroatoms. The van der Waals surface area contributed by atoms with Gasteiger partial charge in [0.1, 0.15) is 5.60 Å². The molecule has 0 aliphatic carbocycles. The van der Waals surface area contributed by atoms with Gasteiger partial charge in [-0.25, -0.2) is 9.78 Å². The summed E-state index contributed by atoms with van der Waals surface area (Å²) in [5.74, 6) is 0. The van der Waals surface area contributed by atoms with Crippen molar-refractivity contribution < 1.29 is 9.53 Å². The first kappa shape index (κ1) is 11.5. The van der Waals surface area contributed by atoms with Crippen molar-refractivity contribution in [2.45, 2.75) is 25.9 Å². The van der Waals surface area contributed by atoms with Gasteiger partial charge in [-0.1, -0.05) is 0 Å². The summed E-state index contributed by atoms with van der Waals surface area (Å²) in [6.07, 6.45) is 1.61. The maximum Gasteiger partial charge on any atom is 0.405 e. The van der Waals surface area contributed by atoms with E-state index in [-0.39, 0.29) is 0 Å². The van der Waals surface area contributed by atoms with Crippen LogP contribution in [0.5, 0.6) is 0 Å². The molecular formula is C8H11BrN2O2S. The molecule has 0 unspecified atom stereocenters. The Morgan fingerprint density at radius 1 is 1.79 bits per heavy atom. The fourth-order valence-electron chi connectivity index (χ4n) is 1.09. The van der Waals surface area contributed by atoms with E-state index < -0.39 is 11.7 Å². The number of hydrogen-bond acceptors (Lipinski definition) is 4. The Hall–Kier alpha value is -0.620. The maximum atomic E-state index is 10.6. The highest BCUT2D eigenvalue weighted by Gasteiger charge is 2.23. The summed E-state index contributed by atoms with van der Waals surface area (Å²) in [4.78, 5) is 15.7. The first-order valence-electron chi connectivity index (χ1n) is 3.98. The molecule has 0 saturated carbocycles. The number of hydrogen-bond donors (Lipinski definition) is 1. The lowest BCUT2D eigenvalue weighted by Crippen LogP contribution is -2.32. The van der Waals surface area contributed by atoms with Gasteiger partial charge < -0.3 is 10.5 Å². The molecular weight excluding hydrogens is 268 g/mol. The van der Waals surface area contributed by atoms with Crippen molar-refractivity contribution in [3.63, 3.8) is 0 Å². The number of nitrogens with zero attached hydrogens (tertiary/aromatic N) is 1. The summed E-state index contributed by atoms with van der Waals surface area (Å²) in [5, 5.41) is 0. The fraction of sp³-hybridized carbons (Fsp3) is 0.500. The molecule has 0 fully saturated rings. The van der Waals surface area contributed by atoms with E-state index in [1.54, 1.807) is 6.20 Å². The first-order valence-corrected chi connectivity index (χ1v) is 5.59. The summed E-state index contributed by atoms with van der Waals surface area (Å²) in [6.45, 7) is 3.62. The molecule has 0 aromatic carbocycles. The third-order valence-electron chi connectivity index (χ3n) is 1.50. The minimum Gasteiger partial charge on any atom is -0.443 e. The molecule has 1 rings (SSSR count). The summed E-state index contributed by atoms with van der Waals surface area (Å²) < 4.78 is 5.77. The standard InChI is InChI=1S/C8H11BrN2O2S/c1-8(2,13-7(10)12)3-5-4-11-6(9)14-5/h4H,3H2,1-2H3,(H2,10,12). The van der Waals surface area contributed by atoms with E-state index >= 15 is 0 Å². The summed E-state index contributed by atoms with van der Waals surface area (Å²) >= 11 is 4.78. The van der Waals surface area contributed by atoms with Crippen LogP contribution < -0.4 is 5.73 Å². The first-order chi connectivity index (χ1) is 6.39. The smallest absolute Gasteiger partial charge is 0.405 e. The normalized spacial score (nSPS) is 11.4. The third kappa shape index (κ3) is 3.63. The highest BCUT2D eigenvalue weighted by molar-refractivity contribution is 9.11. The third-order valence-corrected chi connectivity index (χ3v) is 2.98. The molecule has 1 heterocycles. The van der Waals surface area contributed by atoms with E-state index in [4.69, 9.17) is 10.5 Å². The Morgan fingerprint density at radius 3 is 2.86 bits per heavy atom. The molecule has 14 heavy (non-hydrogen) atoms. The Balaban J connectivity index is 2.63. The summed E-state index contributed by atoms with van der Waals surface area (Å²) in [7, 11) is 0. The van der Waals surface area contributed by atoms with E-state index in [1.165, 1.54) is 11.3 Å². The van der Waals surface area contributed by atoms with Crippen LogP contribution in [0.2, 0.25) is 0 Å². The SMILES string of the molecule is CC(C)(Cc1cnc(Br)s1)OC(N)=O. The Labute approximate surface area is 94.6 Å². The molecule has 1 aromatic rings. The van der Waals surface area contributed by atoms with Gasteiger partial charge >= 0.3 is 6.09 Å². The van der Waals surface area contributed by atoms with Crippen molar-refractivity contribution in [1.29, 1.82) is 0 Å². The molecule has 78 valence electrons. The van der Waals surface area contributed by atoms with Crippen LogP contribution in [-0.2, 0) is 11.2 Å². The van der Waals surface area contributed by atoms with Crippen LogP contribution in [0.25, 0.3) is 0 Å². The topological polar surface area (TPSA) is 65.2 Å². The van der Waals surface area contributed by atoms with Crippen LogP contribution >= 0.6 is 27.3 Å². The molecule has 0 atom stereocenters. The second-order valence-electron chi connectivity index (χ2n) is 3.44. The van der Waals surface area contributed by atoms with Crippen LogP contribution in [0.3, 0.4) is 0 Å².